The fraction of sp³-hybridized carbons (Fsp3) is 0.381. The first-order chi connectivity index (χ1) is 12.6. The van der Waals surface area contributed by atoms with E-state index in [1.807, 2.05) is 12.1 Å². The van der Waals surface area contributed by atoms with Crippen molar-refractivity contribution in [3.05, 3.63) is 53.7 Å². The van der Waals surface area contributed by atoms with Gasteiger partial charge in [0.2, 0.25) is 0 Å². The van der Waals surface area contributed by atoms with Crippen LogP contribution in [0.5, 0.6) is 0 Å². The van der Waals surface area contributed by atoms with E-state index in [0.29, 0.717) is 16.9 Å². The Hall–Kier alpha value is -2.69. The van der Waals surface area contributed by atoms with E-state index in [0.717, 1.165) is 18.5 Å². The van der Waals surface area contributed by atoms with Crippen molar-refractivity contribution in [2.45, 2.75) is 51.5 Å². The maximum atomic E-state index is 12.5. The molecular weight excluding hydrogens is 326 g/mol. The molecule has 0 spiro atoms. The molecule has 0 aliphatic heterocycles. The topological polar surface area (TPSA) is 71.1 Å². The highest BCUT2D eigenvalue weighted by molar-refractivity contribution is 5.95. The van der Waals surface area contributed by atoms with Crippen molar-refractivity contribution in [3.63, 3.8) is 0 Å². The van der Waals surface area contributed by atoms with Gasteiger partial charge in [-0.05, 0) is 56.2 Å². The fourth-order valence-corrected chi connectivity index (χ4v) is 3.27. The van der Waals surface area contributed by atoms with Gasteiger partial charge in [-0.1, -0.05) is 25.7 Å². The van der Waals surface area contributed by atoms with Crippen LogP contribution >= 0.6 is 0 Å². The van der Waals surface area contributed by atoms with E-state index in [4.69, 9.17) is 0 Å². The van der Waals surface area contributed by atoms with Gasteiger partial charge in [0, 0.05) is 29.1 Å². The van der Waals surface area contributed by atoms with Gasteiger partial charge in [-0.15, -0.1) is 0 Å². The number of aromatic nitrogens is 1. The first-order valence-electron chi connectivity index (χ1n) is 9.27. The minimum atomic E-state index is -0.0470. The summed E-state index contributed by atoms with van der Waals surface area (Å²) in [6.45, 7) is 1.54. The van der Waals surface area contributed by atoms with E-state index >= 15 is 0 Å². The molecule has 136 valence electrons. The first-order valence-corrected chi connectivity index (χ1v) is 9.27. The molecule has 3 rings (SSSR count). The highest BCUT2D eigenvalue weighted by Gasteiger charge is 2.16. The zero-order valence-electron chi connectivity index (χ0n) is 15.1. The van der Waals surface area contributed by atoms with Gasteiger partial charge in [0.1, 0.15) is 5.82 Å². The number of nitrogens with zero attached hydrogens (tertiary/aromatic N) is 1. The van der Waals surface area contributed by atoms with Gasteiger partial charge < -0.3 is 10.6 Å². The molecule has 1 aromatic heterocycles. The van der Waals surface area contributed by atoms with Crippen LogP contribution in [0.3, 0.4) is 0 Å². The first kappa shape index (κ1) is 18.1. The van der Waals surface area contributed by atoms with Crippen molar-refractivity contribution in [1.82, 2.24) is 10.3 Å². The third kappa shape index (κ3) is 4.91. The molecule has 1 amide bonds. The lowest BCUT2D eigenvalue weighted by molar-refractivity contribution is 0.0932. The van der Waals surface area contributed by atoms with Gasteiger partial charge in [0.15, 0.2) is 5.78 Å². The molecular formula is C21H25N3O2. The molecule has 1 heterocycles. The highest BCUT2D eigenvalue weighted by atomic mass is 16.1. The van der Waals surface area contributed by atoms with E-state index in [1.165, 1.54) is 25.7 Å². The van der Waals surface area contributed by atoms with Gasteiger partial charge in [-0.3, -0.25) is 9.59 Å². The Morgan fingerprint density at radius 2 is 1.65 bits per heavy atom. The summed E-state index contributed by atoms with van der Waals surface area (Å²) in [4.78, 5) is 28.2. The molecule has 1 saturated carbocycles. The van der Waals surface area contributed by atoms with Crippen LogP contribution in [-0.2, 0) is 0 Å². The molecule has 26 heavy (non-hydrogen) atoms. The van der Waals surface area contributed by atoms with E-state index in [9.17, 15) is 9.59 Å². The van der Waals surface area contributed by atoms with E-state index in [-0.39, 0.29) is 17.7 Å². The standard InChI is InChI=1S/C21H25N3O2/c1-15(25)16-8-10-19(11-9-16)23-20-14-17(12-13-22-20)21(26)24-18-6-4-2-3-5-7-18/h8-14,18H,2-7H2,1H3,(H,22,23)(H,24,26). The molecule has 0 saturated heterocycles. The summed E-state index contributed by atoms with van der Waals surface area (Å²) in [6, 6.07) is 11.0. The highest BCUT2D eigenvalue weighted by Crippen LogP contribution is 2.19. The van der Waals surface area contributed by atoms with Crippen molar-refractivity contribution in [2.24, 2.45) is 0 Å². The van der Waals surface area contributed by atoms with Crippen molar-refractivity contribution < 1.29 is 9.59 Å². The van der Waals surface area contributed by atoms with E-state index in [2.05, 4.69) is 15.6 Å². The van der Waals surface area contributed by atoms with E-state index in [1.54, 1.807) is 37.4 Å². The molecule has 1 aliphatic rings. The molecule has 1 fully saturated rings. The zero-order valence-corrected chi connectivity index (χ0v) is 15.1. The number of ketones is 1. The Balaban J connectivity index is 1.65. The second kappa shape index (κ2) is 8.61. The second-order valence-electron chi connectivity index (χ2n) is 6.85. The lowest BCUT2D eigenvalue weighted by Crippen LogP contribution is -2.34. The van der Waals surface area contributed by atoms with Crippen LogP contribution in [0.2, 0.25) is 0 Å². The Labute approximate surface area is 154 Å². The number of rotatable bonds is 5. The number of pyridine rings is 1. The summed E-state index contributed by atoms with van der Waals surface area (Å²) < 4.78 is 0. The number of Topliss-reactive ketones (excluding diaryl/α,β-unsaturated/α-hetero) is 1. The summed E-state index contributed by atoms with van der Waals surface area (Å²) in [5.74, 6) is 0.593. The fourth-order valence-electron chi connectivity index (χ4n) is 3.27. The average molecular weight is 351 g/mol. The van der Waals surface area contributed by atoms with Crippen LogP contribution in [0.1, 0.15) is 66.2 Å². The molecule has 0 atom stereocenters. The zero-order chi connectivity index (χ0) is 18.4. The number of hydrogen-bond acceptors (Lipinski definition) is 4. The van der Waals surface area contributed by atoms with Crippen LogP contribution in [0.25, 0.3) is 0 Å². The van der Waals surface area contributed by atoms with Crippen LogP contribution in [-0.4, -0.2) is 22.7 Å². The number of nitrogens with one attached hydrogen (secondary N) is 2. The average Bonchev–Trinajstić information content (AvgIpc) is 2.91. The Morgan fingerprint density at radius 1 is 0.962 bits per heavy atom. The largest absolute Gasteiger partial charge is 0.349 e. The van der Waals surface area contributed by atoms with Crippen molar-refractivity contribution >= 4 is 23.2 Å². The lowest BCUT2D eigenvalue weighted by Gasteiger charge is -2.16. The number of benzene rings is 1. The van der Waals surface area contributed by atoms with Crippen LogP contribution in [0.15, 0.2) is 42.6 Å². The summed E-state index contributed by atoms with van der Waals surface area (Å²) >= 11 is 0. The van der Waals surface area contributed by atoms with Crippen LogP contribution in [0, 0.1) is 0 Å². The molecule has 1 aromatic carbocycles. The quantitative estimate of drug-likeness (QED) is 0.615. The number of carbonyl (C=O) groups excluding carboxylic acids is 2. The molecule has 2 N–H and O–H groups in total. The Bertz CT molecular complexity index is 763. The number of anilines is 2. The monoisotopic (exact) mass is 351 g/mol. The normalized spacial score (nSPS) is 15.1. The Kier molecular flexibility index (Phi) is 6.00. The number of amides is 1. The molecule has 0 radical (unpaired) electrons. The number of hydrogen-bond donors (Lipinski definition) is 2. The molecule has 0 unspecified atom stereocenters. The second-order valence-corrected chi connectivity index (χ2v) is 6.85. The predicted octanol–water partition coefficient (Wildman–Crippen LogP) is 4.48. The third-order valence-corrected chi connectivity index (χ3v) is 4.78. The maximum absolute atomic E-state index is 12.5. The van der Waals surface area contributed by atoms with Gasteiger partial charge >= 0.3 is 0 Å². The summed E-state index contributed by atoms with van der Waals surface area (Å²) in [5, 5.41) is 6.33. The molecule has 1 aliphatic carbocycles. The van der Waals surface area contributed by atoms with Crippen LogP contribution in [0.4, 0.5) is 11.5 Å². The third-order valence-electron chi connectivity index (χ3n) is 4.78. The summed E-state index contributed by atoms with van der Waals surface area (Å²) in [7, 11) is 0. The molecule has 5 heteroatoms. The SMILES string of the molecule is CC(=O)c1ccc(Nc2cc(C(=O)NC3CCCCCC3)ccn2)cc1. The minimum Gasteiger partial charge on any atom is -0.349 e. The van der Waals surface area contributed by atoms with Gasteiger partial charge in [-0.25, -0.2) is 4.98 Å². The van der Waals surface area contributed by atoms with Gasteiger partial charge in [0.05, 0.1) is 0 Å². The molecule has 2 aromatic rings. The van der Waals surface area contributed by atoms with Crippen molar-refractivity contribution in [3.8, 4) is 0 Å². The smallest absolute Gasteiger partial charge is 0.251 e. The molecule has 0 bridgehead atoms. The summed E-state index contributed by atoms with van der Waals surface area (Å²) in [5.41, 5.74) is 2.09. The van der Waals surface area contributed by atoms with Gasteiger partial charge in [0.25, 0.3) is 5.91 Å². The van der Waals surface area contributed by atoms with Gasteiger partial charge in [-0.2, -0.15) is 0 Å². The maximum Gasteiger partial charge on any atom is 0.251 e. The minimum absolute atomic E-state index is 0.0341. The Morgan fingerprint density at radius 3 is 2.31 bits per heavy atom. The number of carbonyl (C=O) groups is 2. The summed E-state index contributed by atoms with van der Waals surface area (Å²) in [6.07, 6.45) is 8.65. The van der Waals surface area contributed by atoms with Crippen molar-refractivity contribution in [1.29, 1.82) is 0 Å². The lowest BCUT2D eigenvalue weighted by atomic mass is 10.1. The van der Waals surface area contributed by atoms with E-state index < -0.39 is 0 Å². The molecule has 5 nitrogen and oxygen atoms in total. The van der Waals surface area contributed by atoms with Crippen molar-refractivity contribution in [2.75, 3.05) is 5.32 Å². The predicted molar refractivity (Wildman–Crippen MR) is 103 cm³/mol. The van der Waals surface area contributed by atoms with Crippen LogP contribution < -0.4 is 10.6 Å².